The van der Waals surface area contributed by atoms with Gasteiger partial charge in [-0.1, -0.05) is 29.5 Å². The Morgan fingerprint density at radius 1 is 1.04 bits per heavy atom. The number of pyridine rings is 2. The van der Waals surface area contributed by atoms with Crippen LogP contribution < -0.4 is 5.32 Å². The van der Waals surface area contributed by atoms with E-state index in [9.17, 15) is 4.79 Å². The second-order valence-corrected chi connectivity index (χ2v) is 6.52. The van der Waals surface area contributed by atoms with Crippen LogP contribution in [0.25, 0.3) is 20.9 Å². The van der Waals surface area contributed by atoms with Crippen LogP contribution in [0.5, 0.6) is 0 Å². The third-order valence-electron chi connectivity index (χ3n) is 3.80. The molecule has 1 N–H and O–H groups in total. The minimum Gasteiger partial charge on any atom is -0.320 e. The summed E-state index contributed by atoms with van der Waals surface area (Å²) in [5, 5.41) is 3.81. The van der Waals surface area contributed by atoms with E-state index in [1.165, 1.54) is 11.3 Å². The molecule has 5 nitrogen and oxygen atoms in total. The van der Waals surface area contributed by atoms with Crippen LogP contribution >= 0.6 is 11.3 Å². The second-order valence-electron chi connectivity index (χ2n) is 5.55. The van der Waals surface area contributed by atoms with Crippen molar-refractivity contribution in [3.05, 3.63) is 72.2 Å². The predicted octanol–water partition coefficient (Wildman–Crippen LogP) is 4.31. The van der Waals surface area contributed by atoms with Gasteiger partial charge < -0.3 is 5.32 Å². The fraction of sp³-hybridized carbons (Fsp3) is 0.0526. The maximum absolute atomic E-state index is 12.4. The van der Waals surface area contributed by atoms with Crippen LogP contribution in [0.1, 0.15) is 16.1 Å². The highest BCUT2D eigenvalue weighted by molar-refractivity contribution is 7.21. The Balaban J connectivity index is 1.67. The number of carbonyl (C=O) groups excluding carboxylic acids is 1. The monoisotopic (exact) mass is 346 g/mol. The molecule has 1 amide bonds. The first kappa shape index (κ1) is 15.4. The smallest absolute Gasteiger partial charge is 0.274 e. The third-order valence-corrected chi connectivity index (χ3v) is 4.82. The molecule has 0 bridgehead atoms. The number of rotatable bonds is 3. The summed E-state index contributed by atoms with van der Waals surface area (Å²) in [5.74, 6) is -0.230. The van der Waals surface area contributed by atoms with Crippen LogP contribution in [0.4, 0.5) is 5.69 Å². The van der Waals surface area contributed by atoms with Crippen LogP contribution in [0, 0.1) is 6.92 Å². The maximum Gasteiger partial charge on any atom is 0.274 e. The molecule has 0 saturated heterocycles. The Labute approximate surface area is 148 Å². The topological polar surface area (TPSA) is 67.8 Å². The lowest BCUT2D eigenvalue weighted by molar-refractivity contribution is 0.102. The highest BCUT2D eigenvalue weighted by Crippen LogP contribution is 2.31. The van der Waals surface area contributed by atoms with E-state index in [4.69, 9.17) is 0 Å². The summed E-state index contributed by atoms with van der Waals surface area (Å²) >= 11 is 1.53. The first-order valence-electron chi connectivity index (χ1n) is 7.76. The molecule has 3 heterocycles. The first-order chi connectivity index (χ1) is 12.2. The van der Waals surface area contributed by atoms with Crippen molar-refractivity contribution in [2.75, 3.05) is 5.32 Å². The molecule has 0 saturated carbocycles. The Morgan fingerprint density at radius 3 is 2.72 bits per heavy atom. The van der Waals surface area contributed by atoms with E-state index >= 15 is 0 Å². The van der Waals surface area contributed by atoms with E-state index < -0.39 is 0 Å². The Kier molecular flexibility index (Phi) is 3.95. The molecule has 0 unspecified atom stereocenters. The second kappa shape index (κ2) is 6.41. The molecule has 3 aromatic heterocycles. The fourth-order valence-corrected chi connectivity index (χ4v) is 3.37. The number of aromatic nitrogens is 3. The Hall–Kier alpha value is -3.12. The standard InChI is InChI=1S/C19H14N4OS/c1-12-7-8-13(18-23-15-6-4-10-21-19(15)25-18)11-16(12)22-17(24)14-5-2-3-9-20-14/h2-11H,1H3,(H,22,24). The highest BCUT2D eigenvalue weighted by atomic mass is 32.1. The average Bonchev–Trinajstić information content (AvgIpc) is 3.08. The van der Waals surface area contributed by atoms with Gasteiger partial charge in [-0.3, -0.25) is 9.78 Å². The number of hydrogen-bond donors (Lipinski definition) is 1. The molecular weight excluding hydrogens is 332 g/mol. The molecule has 1 aromatic carbocycles. The van der Waals surface area contributed by atoms with Gasteiger partial charge in [-0.05, 0) is 42.8 Å². The Bertz CT molecular complexity index is 1030. The number of thiazole rings is 1. The summed E-state index contributed by atoms with van der Waals surface area (Å²) < 4.78 is 0. The molecule has 25 heavy (non-hydrogen) atoms. The molecule has 4 rings (SSSR count). The third kappa shape index (κ3) is 3.12. The zero-order valence-electron chi connectivity index (χ0n) is 13.4. The van der Waals surface area contributed by atoms with Gasteiger partial charge in [0.15, 0.2) is 0 Å². The molecule has 0 aliphatic rings. The Morgan fingerprint density at radius 2 is 1.92 bits per heavy atom. The summed E-state index contributed by atoms with van der Waals surface area (Å²) in [6.07, 6.45) is 3.37. The van der Waals surface area contributed by atoms with Crippen molar-refractivity contribution < 1.29 is 4.79 Å². The van der Waals surface area contributed by atoms with Crippen LogP contribution in [0.2, 0.25) is 0 Å². The quantitative estimate of drug-likeness (QED) is 0.600. The van der Waals surface area contributed by atoms with Crippen LogP contribution in [0.15, 0.2) is 60.9 Å². The lowest BCUT2D eigenvalue weighted by Gasteiger charge is -2.09. The van der Waals surface area contributed by atoms with Gasteiger partial charge >= 0.3 is 0 Å². The van der Waals surface area contributed by atoms with E-state index in [1.807, 2.05) is 37.3 Å². The van der Waals surface area contributed by atoms with Gasteiger partial charge in [0.25, 0.3) is 5.91 Å². The largest absolute Gasteiger partial charge is 0.320 e. The van der Waals surface area contributed by atoms with E-state index in [-0.39, 0.29) is 5.91 Å². The zero-order chi connectivity index (χ0) is 17.2. The summed E-state index contributed by atoms with van der Waals surface area (Å²) in [5.41, 5.74) is 3.94. The molecule has 0 spiro atoms. The summed E-state index contributed by atoms with van der Waals surface area (Å²) in [6.45, 7) is 1.96. The number of nitrogens with one attached hydrogen (secondary N) is 1. The normalized spacial score (nSPS) is 10.8. The summed E-state index contributed by atoms with van der Waals surface area (Å²) in [4.78, 5) is 26.3. The molecule has 0 radical (unpaired) electrons. The number of carbonyl (C=O) groups is 1. The van der Waals surface area contributed by atoms with Crippen LogP contribution in [0.3, 0.4) is 0 Å². The molecule has 0 atom stereocenters. The molecule has 122 valence electrons. The van der Waals surface area contributed by atoms with Gasteiger partial charge in [0.05, 0.1) is 0 Å². The van der Waals surface area contributed by atoms with Crippen molar-refractivity contribution in [1.82, 2.24) is 15.0 Å². The average molecular weight is 346 g/mol. The fourth-order valence-electron chi connectivity index (χ4n) is 2.47. The van der Waals surface area contributed by atoms with Crippen molar-refractivity contribution in [3.63, 3.8) is 0 Å². The number of hydrogen-bond acceptors (Lipinski definition) is 5. The lowest BCUT2D eigenvalue weighted by Crippen LogP contribution is -2.14. The summed E-state index contributed by atoms with van der Waals surface area (Å²) in [6, 6.07) is 15.0. The first-order valence-corrected chi connectivity index (χ1v) is 8.57. The van der Waals surface area contributed by atoms with Gasteiger partial charge in [0.1, 0.15) is 21.0 Å². The van der Waals surface area contributed by atoms with Gasteiger partial charge in [-0.15, -0.1) is 0 Å². The summed E-state index contributed by atoms with van der Waals surface area (Å²) in [7, 11) is 0. The van der Waals surface area contributed by atoms with Gasteiger partial charge in [0, 0.05) is 23.6 Å². The number of nitrogens with zero attached hydrogens (tertiary/aromatic N) is 3. The molecule has 6 heteroatoms. The minimum absolute atomic E-state index is 0.230. The van der Waals surface area contributed by atoms with Crippen molar-refractivity contribution >= 4 is 33.3 Å². The SMILES string of the molecule is Cc1ccc(-c2nc3cccnc3s2)cc1NC(=O)c1ccccn1. The predicted molar refractivity (Wildman–Crippen MR) is 99.8 cm³/mol. The molecule has 0 aliphatic heterocycles. The van der Waals surface area contributed by atoms with Gasteiger partial charge in [-0.25, -0.2) is 9.97 Å². The van der Waals surface area contributed by atoms with Crippen molar-refractivity contribution in [1.29, 1.82) is 0 Å². The van der Waals surface area contributed by atoms with Gasteiger partial charge in [-0.2, -0.15) is 0 Å². The van der Waals surface area contributed by atoms with E-state index in [0.717, 1.165) is 32.2 Å². The number of aryl methyl sites for hydroxylation is 1. The van der Waals surface area contributed by atoms with Crippen LogP contribution in [-0.2, 0) is 0 Å². The van der Waals surface area contributed by atoms with E-state index in [1.54, 1.807) is 30.6 Å². The number of fused-ring (bicyclic) bond motifs is 1. The van der Waals surface area contributed by atoms with Crippen molar-refractivity contribution in [2.45, 2.75) is 6.92 Å². The molecule has 0 fully saturated rings. The molecule has 0 aliphatic carbocycles. The number of anilines is 1. The van der Waals surface area contributed by atoms with E-state index in [0.29, 0.717) is 5.69 Å². The van der Waals surface area contributed by atoms with Crippen LogP contribution in [-0.4, -0.2) is 20.9 Å². The molecule has 4 aromatic rings. The lowest BCUT2D eigenvalue weighted by atomic mass is 10.1. The van der Waals surface area contributed by atoms with E-state index in [2.05, 4.69) is 20.3 Å². The number of benzene rings is 1. The maximum atomic E-state index is 12.4. The van der Waals surface area contributed by atoms with Crippen molar-refractivity contribution in [2.24, 2.45) is 0 Å². The van der Waals surface area contributed by atoms with Crippen molar-refractivity contribution in [3.8, 4) is 10.6 Å². The highest BCUT2D eigenvalue weighted by Gasteiger charge is 2.12. The van der Waals surface area contributed by atoms with Gasteiger partial charge in [0.2, 0.25) is 0 Å². The number of amides is 1. The molecular formula is C19H14N4OS. The zero-order valence-corrected chi connectivity index (χ0v) is 14.2. The minimum atomic E-state index is -0.230.